The molecule has 0 heterocycles. The molecule has 14 heavy (non-hydrogen) atoms. The molecule has 1 saturated carbocycles. The lowest BCUT2D eigenvalue weighted by atomic mass is 9.83. The topological polar surface area (TPSA) is 9.23 Å². The highest BCUT2D eigenvalue weighted by Crippen LogP contribution is 2.33. The molecule has 0 bridgehead atoms. The molecule has 0 N–H and O–H groups in total. The van der Waals surface area contributed by atoms with Crippen molar-refractivity contribution in [2.75, 3.05) is 7.11 Å². The molecule has 1 nitrogen and oxygen atoms in total. The number of hydrogen-bond donors (Lipinski definition) is 0. The van der Waals surface area contributed by atoms with Gasteiger partial charge in [0, 0.05) is 12.5 Å². The first kappa shape index (κ1) is 12.3. The Labute approximate surface area is 93.2 Å². The molecule has 0 saturated heterocycles. The Morgan fingerprint density at radius 3 is 2.50 bits per heavy atom. The van der Waals surface area contributed by atoms with E-state index in [-0.39, 0.29) is 5.60 Å². The lowest BCUT2D eigenvalue weighted by Gasteiger charge is -2.30. The SMILES string of the molecule is COC(C)(C)CCC1CCCCC1Cl. The number of alkyl halides is 1. The van der Waals surface area contributed by atoms with E-state index < -0.39 is 0 Å². The van der Waals surface area contributed by atoms with E-state index in [1.54, 1.807) is 7.11 Å². The van der Waals surface area contributed by atoms with Crippen LogP contribution in [0.2, 0.25) is 0 Å². The van der Waals surface area contributed by atoms with Gasteiger partial charge in [0.1, 0.15) is 0 Å². The fourth-order valence-electron chi connectivity index (χ4n) is 2.12. The molecule has 0 amide bonds. The predicted molar refractivity (Wildman–Crippen MR) is 61.9 cm³/mol. The summed E-state index contributed by atoms with van der Waals surface area (Å²) in [5.74, 6) is 0.722. The summed E-state index contributed by atoms with van der Waals surface area (Å²) in [5, 5.41) is 0.413. The standard InChI is InChI=1S/C12H23ClO/c1-12(2,14-3)9-8-10-6-4-5-7-11(10)13/h10-11H,4-9H2,1-3H3. The van der Waals surface area contributed by atoms with Crippen molar-refractivity contribution in [2.24, 2.45) is 5.92 Å². The van der Waals surface area contributed by atoms with Crippen molar-refractivity contribution in [3.63, 3.8) is 0 Å². The second-order valence-electron chi connectivity index (χ2n) is 5.06. The van der Waals surface area contributed by atoms with Crippen molar-refractivity contribution in [3.05, 3.63) is 0 Å². The number of hydrogen-bond acceptors (Lipinski definition) is 1. The molecule has 84 valence electrons. The minimum atomic E-state index is 0.0219. The Bertz CT molecular complexity index is 168. The average Bonchev–Trinajstić information content (AvgIpc) is 2.17. The Morgan fingerprint density at radius 2 is 1.93 bits per heavy atom. The van der Waals surface area contributed by atoms with Crippen LogP contribution in [0, 0.1) is 5.92 Å². The smallest absolute Gasteiger partial charge is 0.0622 e. The molecule has 1 fully saturated rings. The van der Waals surface area contributed by atoms with Gasteiger partial charge < -0.3 is 4.74 Å². The number of rotatable bonds is 4. The van der Waals surface area contributed by atoms with E-state index in [0.29, 0.717) is 5.38 Å². The first-order valence-corrected chi connectivity index (χ1v) is 6.18. The van der Waals surface area contributed by atoms with Gasteiger partial charge in [-0.05, 0) is 45.4 Å². The molecule has 0 aromatic rings. The van der Waals surface area contributed by atoms with Crippen LogP contribution in [0.5, 0.6) is 0 Å². The zero-order valence-electron chi connectivity index (χ0n) is 9.68. The van der Waals surface area contributed by atoms with Crippen LogP contribution < -0.4 is 0 Å². The van der Waals surface area contributed by atoms with Crippen molar-refractivity contribution in [1.82, 2.24) is 0 Å². The van der Waals surface area contributed by atoms with Crippen molar-refractivity contribution in [2.45, 2.75) is 63.4 Å². The quantitative estimate of drug-likeness (QED) is 0.649. The van der Waals surface area contributed by atoms with Gasteiger partial charge in [-0.15, -0.1) is 11.6 Å². The van der Waals surface area contributed by atoms with Gasteiger partial charge in [0.05, 0.1) is 5.60 Å². The maximum absolute atomic E-state index is 6.31. The van der Waals surface area contributed by atoms with Gasteiger partial charge in [0.25, 0.3) is 0 Å². The van der Waals surface area contributed by atoms with Gasteiger partial charge in [-0.1, -0.05) is 12.8 Å². The maximum atomic E-state index is 6.31. The van der Waals surface area contributed by atoms with Crippen LogP contribution in [0.3, 0.4) is 0 Å². The van der Waals surface area contributed by atoms with Crippen LogP contribution in [0.25, 0.3) is 0 Å². The molecule has 0 aromatic heterocycles. The van der Waals surface area contributed by atoms with Crippen LogP contribution in [0.15, 0.2) is 0 Å². The van der Waals surface area contributed by atoms with Gasteiger partial charge in [0.2, 0.25) is 0 Å². The number of ether oxygens (including phenoxy) is 1. The van der Waals surface area contributed by atoms with Gasteiger partial charge >= 0.3 is 0 Å². The van der Waals surface area contributed by atoms with Crippen LogP contribution in [0.1, 0.15) is 52.4 Å². The van der Waals surface area contributed by atoms with E-state index in [9.17, 15) is 0 Å². The Balaban J connectivity index is 2.29. The van der Waals surface area contributed by atoms with E-state index >= 15 is 0 Å². The van der Waals surface area contributed by atoms with Crippen LogP contribution in [0.4, 0.5) is 0 Å². The molecule has 2 atom stereocenters. The minimum absolute atomic E-state index is 0.0219. The Hall–Kier alpha value is 0.250. The lowest BCUT2D eigenvalue weighted by molar-refractivity contribution is 0.00928. The Kier molecular flexibility index (Phi) is 4.72. The fourth-order valence-corrected chi connectivity index (χ4v) is 2.53. The summed E-state index contributed by atoms with van der Waals surface area (Å²) >= 11 is 6.31. The maximum Gasteiger partial charge on any atom is 0.0622 e. The van der Waals surface area contributed by atoms with Gasteiger partial charge in [-0.25, -0.2) is 0 Å². The van der Waals surface area contributed by atoms with E-state index in [0.717, 1.165) is 12.3 Å². The summed E-state index contributed by atoms with van der Waals surface area (Å²) in [6, 6.07) is 0. The van der Waals surface area contributed by atoms with Gasteiger partial charge in [-0.2, -0.15) is 0 Å². The largest absolute Gasteiger partial charge is 0.379 e. The molecular formula is C12H23ClO. The molecule has 0 aliphatic heterocycles. The first-order valence-electron chi connectivity index (χ1n) is 5.74. The van der Waals surface area contributed by atoms with E-state index in [1.165, 1.54) is 32.1 Å². The fraction of sp³-hybridized carbons (Fsp3) is 1.00. The number of halogens is 1. The third kappa shape index (κ3) is 3.78. The lowest BCUT2D eigenvalue weighted by Crippen LogP contribution is -2.26. The molecule has 0 spiro atoms. The van der Waals surface area contributed by atoms with Gasteiger partial charge in [0.15, 0.2) is 0 Å². The van der Waals surface area contributed by atoms with Crippen LogP contribution in [-0.4, -0.2) is 18.1 Å². The zero-order chi connectivity index (χ0) is 10.6. The molecule has 1 aliphatic carbocycles. The summed E-state index contributed by atoms with van der Waals surface area (Å²) in [6.07, 6.45) is 7.54. The molecule has 0 radical (unpaired) electrons. The first-order chi connectivity index (χ1) is 6.55. The normalized spacial score (nSPS) is 29.1. The summed E-state index contributed by atoms with van der Waals surface area (Å²) in [5.41, 5.74) is 0.0219. The van der Waals surface area contributed by atoms with Crippen LogP contribution >= 0.6 is 11.6 Å². The predicted octanol–water partition coefficient (Wildman–Crippen LogP) is 3.99. The third-order valence-corrected chi connectivity index (χ3v) is 4.06. The van der Waals surface area contributed by atoms with Gasteiger partial charge in [-0.3, -0.25) is 0 Å². The molecule has 1 rings (SSSR count). The molecular weight excluding hydrogens is 196 g/mol. The summed E-state index contributed by atoms with van der Waals surface area (Å²) in [7, 11) is 1.79. The van der Waals surface area contributed by atoms with Crippen molar-refractivity contribution in [1.29, 1.82) is 0 Å². The molecule has 0 aromatic carbocycles. The van der Waals surface area contributed by atoms with Crippen molar-refractivity contribution >= 4 is 11.6 Å². The molecule has 1 aliphatic rings. The highest BCUT2D eigenvalue weighted by molar-refractivity contribution is 6.20. The Morgan fingerprint density at radius 1 is 1.29 bits per heavy atom. The number of methoxy groups -OCH3 is 1. The minimum Gasteiger partial charge on any atom is -0.379 e. The highest BCUT2D eigenvalue weighted by Gasteiger charge is 2.25. The van der Waals surface area contributed by atoms with E-state index in [1.807, 2.05) is 0 Å². The zero-order valence-corrected chi connectivity index (χ0v) is 10.4. The van der Waals surface area contributed by atoms with E-state index in [4.69, 9.17) is 16.3 Å². The molecule has 2 unspecified atom stereocenters. The highest BCUT2D eigenvalue weighted by atomic mass is 35.5. The van der Waals surface area contributed by atoms with Crippen molar-refractivity contribution < 1.29 is 4.74 Å². The monoisotopic (exact) mass is 218 g/mol. The average molecular weight is 219 g/mol. The van der Waals surface area contributed by atoms with Crippen LogP contribution in [-0.2, 0) is 4.74 Å². The van der Waals surface area contributed by atoms with E-state index in [2.05, 4.69) is 13.8 Å². The summed E-state index contributed by atoms with van der Waals surface area (Å²) in [6.45, 7) is 4.30. The third-order valence-electron chi connectivity index (χ3n) is 3.49. The summed E-state index contributed by atoms with van der Waals surface area (Å²) < 4.78 is 5.42. The summed E-state index contributed by atoms with van der Waals surface area (Å²) in [4.78, 5) is 0. The van der Waals surface area contributed by atoms with Crippen molar-refractivity contribution in [3.8, 4) is 0 Å². The second kappa shape index (κ2) is 5.37. The second-order valence-corrected chi connectivity index (χ2v) is 5.62. The molecule has 2 heteroatoms.